The fraction of sp³-hybridized carbons (Fsp3) is 0.900. The Kier molecular flexibility index (Phi) is 3.17. The zero-order chi connectivity index (χ0) is 10.9. The molecule has 1 unspecified atom stereocenters. The standard InChI is InChI=1S/C10H21N3O/c1-8(11)5-6-13-9(14)7-10(2,3)12(13)4/h8H,5-7,11H2,1-4H3. The van der Waals surface area contributed by atoms with Crippen LogP contribution in [0.3, 0.4) is 0 Å². The Morgan fingerprint density at radius 2 is 2.14 bits per heavy atom. The molecular weight excluding hydrogens is 178 g/mol. The Hall–Kier alpha value is -0.610. The summed E-state index contributed by atoms with van der Waals surface area (Å²) in [6, 6.07) is 0.153. The van der Waals surface area contributed by atoms with E-state index in [0.29, 0.717) is 6.42 Å². The van der Waals surface area contributed by atoms with Gasteiger partial charge in [0.05, 0.1) is 0 Å². The molecule has 1 rings (SSSR count). The lowest BCUT2D eigenvalue weighted by Gasteiger charge is -2.33. The normalized spacial score (nSPS) is 24.4. The molecule has 0 saturated carbocycles. The number of hydrogen-bond acceptors (Lipinski definition) is 3. The van der Waals surface area contributed by atoms with Gasteiger partial charge in [-0.05, 0) is 27.2 Å². The summed E-state index contributed by atoms with van der Waals surface area (Å²) >= 11 is 0. The second-order valence-electron chi connectivity index (χ2n) is 4.80. The minimum absolute atomic E-state index is 0.0467. The van der Waals surface area contributed by atoms with Crippen molar-refractivity contribution in [1.29, 1.82) is 0 Å². The molecule has 0 bridgehead atoms. The van der Waals surface area contributed by atoms with Crippen molar-refractivity contribution >= 4 is 5.91 Å². The second-order valence-corrected chi connectivity index (χ2v) is 4.80. The van der Waals surface area contributed by atoms with Gasteiger partial charge < -0.3 is 5.73 Å². The van der Waals surface area contributed by atoms with E-state index in [1.54, 1.807) is 0 Å². The van der Waals surface area contributed by atoms with Gasteiger partial charge in [-0.25, -0.2) is 5.01 Å². The molecule has 0 aromatic heterocycles. The summed E-state index contributed by atoms with van der Waals surface area (Å²) in [6.45, 7) is 6.86. The van der Waals surface area contributed by atoms with Gasteiger partial charge in [0.25, 0.3) is 0 Å². The van der Waals surface area contributed by atoms with Gasteiger partial charge in [0.2, 0.25) is 5.91 Å². The maximum atomic E-state index is 11.7. The highest BCUT2D eigenvalue weighted by Crippen LogP contribution is 2.27. The fourth-order valence-electron chi connectivity index (χ4n) is 1.67. The number of rotatable bonds is 3. The highest BCUT2D eigenvalue weighted by atomic mass is 16.2. The van der Waals surface area contributed by atoms with Crippen molar-refractivity contribution in [2.24, 2.45) is 5.73 Å². The van der Waals surface area contributed by atoms with Crippen molar-refractivity contribution in [3.8, 4) is 0 Å². The molecule has 2 N–H and O–H groups in total. The molecule has 1 aliphatic heterocycles. The largest absolute Gasteiger partial charge is 0.328 e. The van der Waals surface area contributed by atoms with Gasteiger partial charge in [0.1, 0.15) is 0 Å². The van der Waals surface area contributed by atoms with Gasteiger partial charge in [-0.3, -0.25) is 9.80 Å². The monoisotopic (exact) mass is 199 g/mol. The Morgan fingerprint density at radius 1 is 1.57 bits per heavy atom. The van der Waals surface area contributed by atoms with E-state index in [2.05, 4.69) is 13.8 Å². The van der Waals surface area contributed by atoms with Crippen LogP contribution in [-0.4, -0.2) is 41.1 Å². The fourth-order valence-corrected chi connectivity index (χ4v) is 1.67. The van der Waals surface area contributed by atoms with Gasteiger partial charge in [-0.15, -0.1) is 0 Å². The Labute approximate surface area is 86.0 Å². The molecule has 1 aliphatic rings. The molecule has 0 aromatic rings. The molecule has 1 fully saturated rings. The van der Waals surface area contributed by atoms with E-state index in [4.69, 9.17) is 5.73 Å². The first-order chi connectivity index (χ1) is 6.34. The lowest BCUT2D eigenvalue weighted by atomic mass is 10.0. The lowest BCUT2D eigenvalue weighted by molar-refractivity contribution is -0.138. The van der Waals surface area contributed by atoms with E-state index in [9.17, 15) is 4.79 Å². The van der Waals surface area contributed by atoms with E-state index in [1.807, 2.05) is 24.0 Å². The second kappa shape index (κ2) is 3.87. The summed E-state index contributed by atoms with van der Waals surface area (Å²) in [5, 5.41) is 3.83. The molecule has 1 heterocycles. The van der Waals surface area contributed by atoms with Crippen molar-refractivity contribution in [3.63, 3.8) is 0 Å². The summed E-state index contributed by atoms with van der Waals surface area (Å²) in [7, 11) is 1.96. The smallest absolute Gasteiger partial charge is 0.238 e. The predicted molar refractivity (Wildman–Crippen MR) is 56.4 cm³/mol. The molecule has 0 aromatic carbocycles. The quantitative estimate of drug-likeness (QED) is 0.723. The summed E-state index contributed by atoms with van der Waals surface area (Å²) < 4.78 is 0. The average Bonchev–Trinajstić information content (AvgIpc) is 2.19. The average molecular weight is 199 g/mol. The van der Waals surface area contributed by atoms with Crippen molar-refractivity contribution < 1.29 is 4.79 Å². The molecule has 14 heavy (non-hydrogen) atoms. The van der Waals surface area contributed by atoms with Crippen LogP contribution in [-0.2, 0) is 4.79 Å². The predicted octanol–water partition coefficient (Wildman–Crippen LogP) is 0.581. The molecule has 82 valence electrons. The topological polar surface area (TPSA) is 49.6 Å². The molecule has 1 saturated heterocycles. The minimum atomic E-state index is -0.0467. The molecule has 4 heteroatoms. The first kappa shape index (κ1) is 11.5. The highest BCUT2D eigenvalue weighted by Gasteiger charge is 2.40. The zero-order valence-corrected chi connectivity index (χ0v) is 9.58. The van der Waals surface area contributed by atoms with E-state index in [-0.39, 0.29) is 17.5 Å². The maximum Gasteiger partial charge on any atom is 0.238 e. The van der Waals surface area contributed by atoms with Crippen LogP contribution in [0.1, 0.15) is 33.6 Å². The summed E-state index contributed by atoms with van der Waals surface area (Å²) in [4.78, 5) is 11.7. The van der Waals surface area contributed by atoms with Gasteiger partial charge in [0, 0.05) is 31.6 Å². The molecule has 1 amide bonds. The van der Waals surface area contributed by atoms with Crippen LogP contribution in [0.5, 0.6) is 0 Å². The van der Waals surface area contributed by atoms with Gasteiger partial charge in [0.15, 0.2) is 0 Å². The van der Waals surface area contributed by atoms with Gasteiger partial charge in [-0.2, -0.15) is 0 Å². The van der Waals surface area contributed by atoms with Crippen molar-refractivity contribution in [2.75, 3.05) is 13.6 Å². The van der Waals surface area contributed by atoms with Crippen LogP contribution in [0.4, 0.5) is 0 Å². The Balaban J connectivity index is 2.57. The third kappa shape index (κ3) is 2.25. The molecule has 0 radical (unpaired) electrons. The minimum Gasteiger partial charge on any atom is -0.328 e. The van der Waals surface area contributed by atoms with E-state index < -0.39 is 0 Å². The number of carbonyl (C=O) groups is 1. The first-order valence-electron chi connectivity index (χ1n) is 5.14. The first-order valence-corrected chi connectivity index (χ1v) is 5.14. The Bertz CT molecular complexity index is 225. The number of hydrazine groups is 1. The van der Waals surface area contributed by atoms with Crippen LogP contribution in [0.2, 0.25) is 0 Å². The number of nitrogens with zero attached hydrogens (tertiary/aromatic N) is 2. The summed E-state index contributed by atoms with van der Waals surface area (Å²) in [6.07, 6.45) is 1.45. The van der Waals surface area contributed by atoms with Crippen LogP contribution in [0.15, 0.2) is 0 Å². The van der Waals surface area contributed by atoms with Crippen molar-refractivity contribution in [2.45, 2.75) is 45.2 Å². The Morgan fingerprint density at radius 3 is 2.50 bits per heavy atom. The number of carbonyl (C=O) groups excluding carboxylic acids is 1. The number of hydrogen-bond donors (Lipinski definition) is 1. The van der Waals surface area contributed by atoms with Crippen LogP contribution < -0.4 is 5.73 Å². The SMILES string of the molecule is CC(N)CCN1C(=O)CC(C)(C)N1C. The van der Waals surface area contributed by atoms with Crippen molar-refractivity contribution in [3.05, 3.63) is 0 Å². The van der Waals surface area contributed by atoms with E-state index >= 15 is 0 Å². The van der Waals surface area contributed by atoms with Crippen molar-refractivity contribution in [1.82, 2.24) is 10.0 Å². The van der Waals surface area contributed by atoms with Crippen LogP contribution >= 0.6 is 0 Å². The van der Waals surface area contributed by atoms with Gasteiger partial charge >= 0.3 is 0 Å². The maximum absolute atomic E-state index is 11.7. The third-order valence-corrected chi connectivity index (χ3v) is 2.91. The summed E-state index contributed by atoms with van der Waals surface area (Å²) in [5.41, 5.74) is 5.63. The number of amides is 1. The molecular formula is C10H21N3O. The lowest BCUT2D eigenvalue weighted by Crippen LogP contribution is -2.45. The molecule has 1 atom stereocenters. The van der Waals surface area contributed by atoms with E-state index in [0.717, 1.165) is 13.0 Å². The molecule has 0 spiro atoms. The summed E-state index contributed by atoms with van der Waals surface area (Å²) in [5.74, 6) is 0.207. The van der Waals surface area contributed by atoms with Gasteiger partial charge in [-0.1, -0.05) is 0 Å². The molecule has 0 aliphatic carbocycles. The zero-order valence-electron chi connectivity index (χ0n) is 9.58. The third-order valence-electron chi connectivity index (χ3n) is 2.91. The highest BCUT2D eigenvalue weighted by molar-refractivity contribution is 5.79. The van der Waals surface area contributed by atoms with Crippen LogP contribution in [0.25, 0.3) is 0 Å². The molecule has 4 nitrogen and oxygen atoms in total. The van der Waals surface area contributed by atoms with E-state index in [1.165, 1.54) is 0 Å². The number of nitrogens with two attached hydrogens (primary N) is 1. The van der Waals surface area contributed by atoms with Crippen LogP contribution in [0, 0.1) is 0 Å².